The van der Waals surface area contributed by atoms with E-state index >= 15 is 0 Å². The summed E-state index contributed by atoms with van der Waals surface area (Å²) in [4.78, 5) is 12.1. The Morgan fingerprint density at radius 2 is 1.71 bits per heavy atom. The van der Waals surface area contributed by atoms with Crippen molar-refractivity contribution in [1.29, 1.82) is 0 Å². The van der Waals surface area contributed by atoms with Crippen LogP contribution in [-0.2, 0) is 6.42 Å². The second kappa shape index (κ2) is 10.7. The summed E-state index contributed by atoms with van der Waals surface area (Å²) in [6.07, 6.45) is -2.26. The van der Waals surface area contributed by atoms with Gasteiger partial charge in [-0.15, -0.1) is 13.2 Å². The summed E-state index contributed by atoms with van der Waals surface area (Å²) in [5.41, 5.74) is 1.16. The first-order chi connectivity index (χ1) is 13.4. The molecule has 0 saturated carbocycles. The molecule has 2 rings (SSSR count). The minimum Gasteiger partial charge on any atom is -0.497 e. The molecule has 152 valence electrons. The molecule has 0 heterocycles. The molecular formula is C21H24F3NO3. The number of ketones is 1. The average Bonchev–Trinajstić information content (AvgIpc) is 2.67. The van der Waals surface area contributed by atoms with Gasteiger partial charge in [0.05, 0.1) is 7.11 Å². The van der Waals surface area contributed by atoms with Gasteiger partial charge in [0.2, 0.25) is 0 Å². The van der Waals surface area contributed by atoms with Crippen molar-refractivity contribution in [2.75, 3.05) is 20.2 Å². The van der Waals surface area contributed by atoms with E-state index in [1.165, 1.54) is 12.1 Å². The number of unbranched alkanes of at least 4 members (excludes halogenated alkanes) is 1. The number of hydrogen-bond donors (Lipinski definition) is 1. The molecule has 0 aliphatic carbocycles. The normalized spacial score (nSPS) is 11.3. The van der Waals surface area contributed by atoms with Crippen molar-refractivity contribution >= 4 is 5.78 Å². The molecule has 2 aromatic rings. The minimum atomic E-state index is -4.69. The van der Waals surface area contributed by atoms with Crippen LogP contribution in [0.25, 0.3) is 0 Å². The second-order valence-corrected chi connectivity index (χ2v) is 6.26. The fourth-order valence-electron chi connectivity index (χ4n) is 2.74. The predicted octanol–water partition coefficient (Wildman–Crippen LogP) is 4.78. The zero-order valence-corrected chi connectivity index (χ0v) is 15.7. The molecule has 0 fully saturated rings. The fourth-order valence-corrected chi connectivity index (χ4v) is 2.74. The van der Waals surface area contributed by atoms with Crippen molar-refractivity contribution in [2.24, 2.45) is 0 Å². The molecule has 0 radical (unpaired) electrons. The van der Waals surface area contributed by atoms with Gasteiger partial charge >= 0.3 is 6.36 Å². The highest BCUT2D eigenvalue weighted by Gasteiger charge is 2.31. The molecule has 4 nitrogen and oxygen atoms in total. The van der Waals surface area contributed by atoms with E-state index in [0.29, 0.717) is 42.8 Å². The Morgan fingerprint density at radius 1 is 1.00 bits per heavy atom. The molecule has 0 saturated heterocycles. The summed E-state index contributed by atoms with van der Waals surface area (Å²) < 4.78 is 46.3. The quantitative estimate of drug-likeness (QED) is 0.439. The largest absolute Gasteiger partial charge is 0.573 e. The standard InChI is InChI=1S/C21H24F3NO3/c1-27-18-11-9-16(10-12-18)19(26)7-4-5-14-25-15-13-17-6-2-3-8-20(17)28-21(22,23)24/h2-3,6,8-12,25H,4-5,7,13-15H2,1H3. The Hall–Kier alpha value is -2.54. The number of methoxy groups -OCH3 is 1. The van der Waals surface area contributed by atoms with Crippen LogP contribution in [0.2, 0.25) is 0 Å². The van der Waals surface area contributed by atoms with Gasteiger partial charge in [0.1, 0.15) is 11.5 Å². The molecule has 0 aliphatic rings. The number of carbonyl (C=O) groups excluding carboxylic acids is 1. The third kappa shape index (κ3) is 7.60. The van der Waals surface area contributed by atoms with E-state index in [1.54, 1.807) is 43.5 Å². The Balaban J connectivity index is 1.64. The molecule has 0 bridgehead atoms. The average molecular weight is 395 g/mol. The SMILES string of the molecule is COc1ccc(C(=O)CCCCNCCc2ccccc2OC(F)(F)F)cc1. The lowest BCUT2D eigenvalue weighted by atomic mass is 10.1. The van der Waals surface area contributed by atoms with Gasteiger partial charge in [-0.1, -0.05) is 18.2 Å². The summed E-state index contributed by atoms with van der Waals surface area (Å²) in [6.45, 7) is 1.23. The van der Waals surface area contributed by atoms with Crippen LogP contribution in [0.5, 0.6) is 11.5 Å². The van der Waals surface area contributed by atoms with Crippen LogP contribution in [0, 0.1) is 0 Å². The third-order valence-electron chi connectivity index (χ3n) is 4.19. The highest BCUT2D eigenvalue weighted by atomic mass is 19.4. The van der Waals surface area contributed by atoms with Gasteiger partial charge in [0.15, 0.2) is 5.78 Å². The molecular weight excluding hydrogens is 371 g/mol. The number of benzene rings is 2. The molecule has 1 N–H and O–H groups in total. The van der Waals surface area contributed by atoms with Gasteiger partial charge < -0.3 is 14.8 Å². The van der Waals surface area contributed by atoms with E-state index < -0.39 is 6.36 Å². The summed E-state index contributed by atoms with van der Waals surface area (Å²) >= 11 is 0. The highest BCUT2D eigenvalue weighted by molar-refractivity contribution is 5.96. The Labute approximate surface area is 162 Å². The summed E-state index contributed by atoms with van der Waals surface area (Å²) in [5, 5.41) is 3.19. The lowest BCUT2D eigenvalue weighted by molar-refractivity contribution is -0.274. The van der Waals surface area contributed by atoms with Crippen molar-refractivity contribution in [3.63, 3.8) is 0 Å². The monoisotopic (exact) mass is 395 g/mol. The highest BCUT2D eigenvalue weighted by Crippen LogP contribution is 2.26. The lowest BCUT2D eigenvalue weighted by Gasteiger charge is -2.13. The molecule has 0 atom stereocenters. The van der Waals surface area contributed by atoms with Crippen LogP contribution in [0.15, 0.2) is 48.5 Å². The van der Waals surface area contributed by atoms with Gasteiger partial charge in [-0.25, -0.2) is 0 Å². The van der Waals surface area contributed by atoms with Gasteiger partial charge in [-0.3, -0.25) is 4.79 Å². The summed E-state index contributed by atoms with van der Waals surface area (Å²) in [6, 6.07) is 13.1. The number of halogens is 3. The molecule has 0 unspecified atom stereocenters. The van der Waals surface area contributed by atoms with Crippen molar-refractivity contribution < 1.29 is 27.4 Å². The van der Waals surface area contributed by atoms with E-state index in [2.05, 4.69) is 10.1 Å². The van der Waals surface area contributed by atoms with E-state index in [9.17, 15) is 18.0 Å². The fraction of sp³-hybridized carbons (Fsp3) is 0.381. The number of hydrogen-bond acceptors (Lipinski definition) is 4. The zero-order valence-electron chi connectivity index (χ0n) is 15.7. The zero-order chi connectivity index (χ0) is 20.4. The number of nitrogens with one attached hydrogen (secondary N) is 1. The van der Waals surface area contributed by atoms with Crippen molar-refractivity contribution in [3.8, 4) is 11.5 Å². The van der Waals surface area contributed by atoms with Crippen LogP contribution in [0.4, 0.5) is 13.2 Å². The van der Waals surface area contributed by atoms with Gasteiger partial charge in [-0.2, -0.15) is 0 Å². The predicted molar refractivity (Wildman–Crippen MR) is 101 cm³/mol. The van der Waals surface area contributed by atoms with Crippen molar-refractivity contribution in [3.05, 3.63) is 59.7 Å². The molecule has 28 heavy (non-hydrogen) atoms. The number of para-hydroxylation sites is 1. The number of Topliss-reactive ketones (excluding diaryl/α,β-unsaturated/α-hetero) is 1. The molecule has 0 aliphatic heterocycles. The first-order valence-corrected chi connectivity index (χ1v) is 9.10. The van der Waals surface area contributed by atoms with Gasteiger partial charge in [-0.05, 0) is 68.2 Å². The third-order valence-corrected chi connectivity index (χ3v) is 4.19. The number of rotatable bonds is 11. The molecule has 0 aromatic heterocycles. The number of carbonyl (C=O) groups is 1. The van der Waals surface area contributed by atoms with Crippen LogP contribution >= 0.6 is 0 Å². The first kappa shape index (κ1) is 21.8. The van der Waals surface area contributed by atoms with Crippen LogP contribution in [0.1, 0.15) is 35.2 Å². The second-order valence-electron chi connectivity index (χ2n) is 6.26. The van der Waals surface area contributed by atoms with E-state index in [0.717, 1.165) is 12.8 Å². The van der Waals surface area contributed by atoms with E-state index in [4.69, 9.17) is 4.74 Å². The maximum absolute atomic E-state index is 12.4. The summed E-state index contributed by atoms with van der Waals surface area (Å²) in [5.74, 6) is 0.630. The van der Waals surface area contributed by atoms with Crippen molar-refractivity contribution in [1.82, 2.24) is 5.32 Å². The molecule has 0 amide bonds. The van der Waals surface area contributed by atoms with Crippen molar-refractivity contribution in [2.45, 2.75) is 32.0 Å². The lowest BCUT2D eigenvalue weighted by Crippen LogP contribution is -2.21. The Morgan fingerprint density at radius 3 is 2.39 bits per heavy atom. The molecule has 0 spiro atoms. The molecule has 7 heteroatoms. The minimum absolute atomic E-state index is 0.0841. The van der Waals surface area contributed by atoms with Crippen LogP contribution in [0.3, 0.4) is 0 Å². The Kier molecular flexibility index (Phi) is 8.32. The number of ether oxygens (including phenoxy) is 2. The maximum atomic E-state index is 12.4. The van der Waals surface area contributed by atoms with Gasteiger partial charge in [0, 0.05) is 12.0 Å². The van der Waals surface area contributed by atoms with E-state index in [1.807, 2.05) is 0 Å². The smallest absolute Gasteiger partial charge is 0.497 e. The van der Waals surface area contributed by atoms with Crippen LogP contribution in [-0.4, -0.2) is 32.3 Å². The van der Waals surface area contributed by atoms with Gasteiger partial charge in [0.25, 0.3) is 0 Å². The number of alkyl halides is 3. The Bertz CT molecular complexity index is 745. The van der Waals surface area contributed by atoms with Crippen LogP contribution < -0.4 is 14.8 Å². The maximum Gasteiger partial charge on any atom is 0.573 e. The summed E-state index contributed by atoms with van der Waals surface area (Å²) in [7, 11) is 1.58. The van der Waals surface area contributed by atoms with E-state index in [-0.39, 0.29) is 11.5 Å². The first-order valence-electron chi connectivity index (χ1n) is 9.10. The topological polar surface area (TPSA) is 47.6 Å². The molecule has 2 aromatic carbocycles.